The Hall–Kier alpha value is -0.500. The topological polar surface area (TPSA) is 99.4 Å². The van der Waals surface area contributed by atoms with E-state index in [1.165, 1.54) is 6.08 Å². The van der Waals surface area contributed by atoms with E-state index in [4.69, 9.17) is 19.7 Å². The molecule has 0 bridgehead atoms. The Balaban J connectivity index is 2.76. The summed E-state index contributed by atoms with van der Waals surface area (Å²) < 4.78 is 10.2. The van der Waals surface area contributed by atoms with Gasteiger partial charge in [0.1, 0.15) is 24.9 Å². The van der Waals surface area contributed by atoms with E-state index in [2.05, 4.69) is 6.58 Å². The average molecular weight is 220 g/mol. The van der Waals surface area contributed by atoms with Crippen LogP contribution >= 0.6 is 0 Å². The van der Waals surface area contributed by atoms with E-state index in [1.807, 2.05) is 0 Å². The SMILES string of the molecule is C=CCO[C@@]1(CO)O[C@H](CO)[C@@H](O)[C@@H]1O. The lowest BCUT2D eigenvalue weighted by Crippen LogP contribution is -2.48. The molecule has 0 aliphatic carbocycles. The van der Waals surface area contributed by atoms with Crippen molar-refractivity contribution in [1.82, 2.24) is 0 Å². The summed E-state index contributed by atoms with van der Waals surface area (Å²) >= 11 is 0. The van der Waals surface area contributed by atoms with Crippen molar-refractivity contribution in [3.8, 4) is 0 Å². The van der Waals surface area contributed by atoms with Gasteiger partial charge in [-0.2, -0.15) is 0 Å². The predicted molar refractivity (Wildman–Crippen MR) is 49.9 cm³/mol. The Morgan fingerprint density at radius 1 is 1.40 bits per heavy atom. The molecule has 4 atom stereocenters. The third-order valence-electron chi connectivity index (χ3n) is 2.35. The van der Waals surface area contributed by atoms with Crippen molar-refractivity contribution >= 4 is 0 Å². The monoisotopic (exact) mass is 220 g/mol. The molecular weight excluding hydrogens is 204 g/mol. The van der Waals surface area contributed by atoms with Crippen molar-refractivity contribution in [3.05, 3.63) is 12.7 Å². The first-order chi connectivity index (χ1) is 7.11. The van der Waals surface area contributed by atoms with Crippen LogP contribution in [-0.4, -0.2) is 64.3 Å². The zero-order valence-corrected chi connectivity index (χ0v) is 8.24. The zero-order valence-electron chi connectivity index (χ0n) is 8.24. The molecular formula is C9H16O6. The van der Waals surface area contributed by atoms with E-state index in [1.54, 1.807) is 0 Å². The Labute approximate surface area is 87.4 Å². The molecule has 6 nitrogen and oxygen atoms in total. The second kappa shape index (κ2) is 5.02. The number of aliphatic hydroxyl groups is 4. The van der Waals surface area contributed by atoms with Gasteiger partial charge in [0.2, 0.25) is 5.79 Å². The Kier molecular flexibility index (Phi) is 4.21. The smallest absolute Gasteiger partial charge is 0.221 e. The summed E-state index contributed by atoms with van der Waals surface area (Å²) in [5, 5.41) is 37.1. The second-order valence-corrected chi connectivity index (χ2v) is 3.34. The molecule has 15 heavy (non-hydrogen) atoms. The third kappa shape index (κ3) is 2.20. The first-order valence-electron chi connectivity index (χ1n) is 4.62. The van der Waals surface area contributed by atoms with Crippen LogP contribution in [0.4, 0.5) is 0 Å². The molecule has 1 rings (SSSR count). The third-order valence-corrected chi connectivity index (χ3v) is 2.35. The summed E-state index contributed by atoms with van der Waals surface area (Å²) in [7, 11) is 0. The van der Waals surface area contributed by atoms with E-state index < -0.39 is 37.3 Å². The van der Waals surface area contributed by atoms with Gasteiger partial charge in [0, 0.05) is 0 Å². The minimum absolute atomic E-state index is 0.0580. The highest BCUT2D eigenvalue weighted by Crippen LogP contribution is 2.32. The molecule has 0 aromatic carbocycles. The lowest BCUT2D eigenvalue weighted by Gasteiger charge is -2.29. The van der Waals surface area contributed by atoms with Crippen LogP contribution in [0.1, 0.15) is 0 Å². The van der Waals surface area contributed by atoms with Crippen LogP contribution in [0.3, 0.4) is 0 Å². The standard InChI is InChI=1S/C9H16O6/c1-2-3-14-9(5-11)8(13)7(12)6(4-10)15-9/h2,6-8,10-13H,1,3-5H2/t6-,7-,8+,9+/m1/s1. The van der Waals surface area contributed by atoms with Crippen LogP contribution in [0.5, 0.6) is 0 Å². The van der Waals surface area contributed by atoms with Crippen LogP contribution in [-0.2, 0) is 9.47 Å². The molecule has 0 saturated carbocycles. The van der Waals surface area contributed by atoms with Gasteiger partial charge in [0.05, 0.1) is 13.2 Å². The molecule has 1 aliphatic rings. The molecule has 6 heteroatoms. The van der Waals surface area contributed by atoms with Gasteiger partial charge in [-0.1, -0.05) is 6.08 Å². The Morgan fingerprint density at radius 2 is 2.07 bits per heavy atom. The molecule has 4 N–H and O–H groups in total. The molecule has 88 valence electrons. The van der Waals surface area contributed by atoms with Crippen LogP contribution in [0.25, 0.3) is 0 Å². The van der Waals surface area contributed by atoms with Crippen LogP contribution in [0.2, 0.25) is 0 Å². The summed E-state index contributed by atoms with van der Waals surface area (Å²) in [6.45, 7) is 2.40. The van der Waals surface area contributed by atoms with Gasteiger partial charge in [-0.15, -0.1) is 6.58 Å². The molecule has 0 amide bonds. The highest BCUT2D eigenvalue weighted by molar-refractivity contribution is 4.96. The second-order valence-electron chi connectivity index (χ2n) is 3.34. The molecule has 0 spiro atoms. The van der Waals surface area contributed by atoms with Crippen molar-refractivity contribution in [2.75, 3.05) is 19.8 Å². The first kappa shape index (κ1) is 12.6. The molecule has 1 saturated heterocycles. The molecule has 0 unspecified atom stereocenters. The van der Waals surface area contributed by atoms with Gasteiger partial charge in [-0.3, -0.25) is 0 Å². The molecule has 1 heterocycles. The van der Waals surface area contributed by atoms with Crippen LogP contribution in [0.15, 0.2) is 12.7 Å². The first-order valence-corrected chi connectivity index (χ1v) is 4.62. The summed E-state index contributed by atoms with van der Waals surface area (Å²) in [6.07, 6.45) is -2.23. The number of hydrogen-bond acceptors (Lipinski definition) is 6. The van der Waals surface area contributed by atoms with Crippen molar-refractivity contribution in [2.45, 2.75) is 24.1 Å². The van der Waals surface area contributed by atoms with Gasteiger partial charge in [0.25, 0.3) is 0 Å². The van der Waals surface area contributed by atoms with Gasteiger partial charge in [-0.25, -0.2) is 0 Å². The maximum Gasteiger partial charge on any atom is 0.221 e. The summed E-state index contributed by atoms with van der Waals surface area (Å²) in [6, 6.07) is 0. The predicted octanol–water partition coefficient (Wildman–Crippen LogP) is -2.01. The molecule has 0 aromatic heterocycles. The lowest BCUT2D eigenvalue weighted by molar-refractivity contribution is -0.271. The number of hydrogen-bond donors (Lipinski definition) is 4. The minimum atomic E-state index is -1.68. The van der Waals surface area contributed by atoms with Crippen molar-refractivity contribution in [3.63, 3.8) is 0 Å². The van der Waals surface area contributed by atoms with E-state index in [0.717, 1.165) is 0 Å². The fourth-order valence-corrected chi connectivity index (χ4v) is 1.50. The van der Waals surface area contributed by atoms with E-state index >= 15 is 0 Å². The lowest BCUT2D eigenvalue weighted by atomic mass is 10.1. The fraction of sp³-hybridized carbons (Fsp3) is 0.778. The number of rotatable bonds is 5. The zero-order chi connectivity index (χ0) is 11.5. The van der Waals surface area contributed by atoms with Gasteiger partial charge >= 0.3 is 0 Å². The van der Waals surface area contributed by atoms with E-state index in [-0.39, 0.29) is 6.61 Å². The minimum Gasteiger partial charge on any atom is -0.394 e. The fourth-order valence-electron chi connectivity index (χ4n) is 1.50. The van der Waals surface area contributed by atoms with Gasteiger partial charge < -0.3 is 29.9 Å². The maximum atomic E-state index is 9.63. The number of ether oxygens (including phenoxy) is 2. The molecule has 0 aromatic rings. The van der Waals surface area contributed by atoms with E-state index in [0.29, 0.717) is 0 Å². The van der Waals surface area contributed by atoms with Crippen molar-refractivity contribution < 1.29 is 29.9 Å². The van der Waals surface area contributed by atoms with Crippen molar-refractivity contribution in [2.24, 2.45) is 0 Å². The average Bonchev–Trinajstić information content (AvgIpc) is 2.51. The van der Waals surface area contributed by atoms with Gasteiger partial charge in [0.15, 0.2) is 0 Å². The largest absolute Gasteiger partial charge is 0.394 e. The highest BCUT2D eigenvalue weighted by Gasteiger charge is 2.54. The summed E-state index contributed by atoms with van der Waals surface area (Å²) in [4.78, 5) is 0. The Bertz CT molecular complexity index is 221. The molecule has 1 fully saturated rings. The maximum absolute atomic E-state index is 9.63. The Morgan fingerprint density at radius 3 is 2.47 bits per heavy atom. The summed E-state index contributed by atoms with van der Waals surface area (Å²) in [5.41, 5.74) is 0. The summed E-state index contributed by atoms with van der Waals surface area (Å²) in [5.74, 6) is -1.68. The molecule has 0 radical (unpaired) electrons. The molecule has 1 aliphatic heterocycles. The van der Waals surface area contributed by atoms with E-state index in [9.17, 15) is 10.2 Å². The van der Waals surface area contributed by atoms with Crippen molar-refractivity contribution in [1.29, 1.82) is 0 Å². The highest BCUT2D eigenvalue weighted by atomic mass is 16.7. The quantitative estimate of drug-likeness (QED) is 0.400. The normalized spacial score (nSPS) is 40.7. The number of aliphatic hydroxyl groups excluding tert-OH is 4. The van der Waals surface area contributed by atoms with Crippen LogP contribution < -0.4 is 0 Å². The van der Waals surface area contributed by atoms with Gasteiger partial charge in [-0.05, 0) is 0 Å². The van der Waals surface area contributed by atoms with Crippen LogP contribution in [0, 0.1) is 0 Å².